The third-order valence-corrected chi connectivity index (χ3v) is 2.42. The molecule has 0 aliphatic heterocycles. The summed E-state index contributed by atoms with van der Waals surface area (Å²) in [6.07, 6.45) is 1.98. The van der Waals surface area contributed by atoms with Crippen molar-refractivity contribution in [1.29, 1.82) is 0 Å². The summed E-state index contributed by atoms with van der Waals surface area (Å²) in [6, 6.07) is 11.1. The summed E-state index contributed by atoms with van der Waals surface area (Å²) in [4.78, 5) is 3.97. The van der Waals surface area contributed by atoms with Gasteiger partial charge in [-0.1, -0.05) is 41.9 Å². The van der Waals surface area contributed by atoms with Gasteiger partial charge in [0.2, 0.25) is 0 Å². The van der Waals surface area contributed by atoms with Crippen LogP contribution in [0.2, 0.25) is 5.02 Å². The number of hydrogen-bond donors (Lipinski definition) is 0. The number of halogens is 2. The third kappa shape index (κ3) is 2.34. The minimum Gasteiger partial charge on any atom is -0.258 e. The molecular formula is C12H9ClFN. The largest absolute Gasteiger partial charge is 0.258 e. The van der Waals surface area contributed by atoms with Crippen molar-refractivity contribution in [3.63, 3.8) is 0 Å². The molecular weight excluding hydrogens is 213 g/mol. The monoisotopic (exact) mass is 221 g/mol. The summed E-state index contributed by atoms with van der Waals surface area (Å²) < 4.78 is 13.5. The first-order chi connectivity index (χ1) is 7.27. The van der Waals surface area contributed by atoms with Crippen molar-refractivity contribution >= 4 is 11.6 Å². The zero-order valence-electron chi connectivity index (χ0n) is 7.95. The second-order valence-electron chi connectivity index (χ2n) is 3.22. The zero-order valence-corrected chi connectivity index (χ0v) is 8.71. The highest BCUT2D eigenvalue weighted by Gasteiger charge is 2.07. The second-order valence-corrected chi connectivity index (χ2v) is 3.62. The SMILES string of the molecule is Fc1c(Cl)ccnc1Cc1ccccc1. The number of rotatable bonds is 2. The van der Waals surface area contributed by atoms with Gasteiger partial charge in [-0.05, 0) is 11.6 Å². The fourth-order valence-electron chi connectivity index (χ4n) is 1.37. The van der Waals surface area contributed by atoms with E-state index in [1.54, 1.807) is 0 Å². The van der Waals surface area contributed by atoms with Crippen LogP contribution < -0.4 is 0 Å². The highest BCUT2D eigenvalue weighted by atomic mass is 35.5. The van der Waals surface area contributed by atoms with Crippen molar-refractivity contribution in [2.24, 2.45) is 0 Å². The molecule has 0 aliphatic carbocycles. The molecule has 15 heavy (non-hydrogen) atoms. The van der Waals surface area contributed by atoms with Crippen LogP contribution in [-0.4, -0.2) is 4.98 Å². The zero-order chi connectivity index (χ0) is 10.7. The number of nitrogens with zero attached hydrogens (tertiary/aromatic N) is 1. The van der Waals surface area contributed by atoms with E-state index in [0.29, 0.717) is 12.1 Å². The highest BCUT2D eigenvalue weighted by molar-refractivity contribution is 6.30. The van der Waals surface area contributed by atoms with E-state index in [-0.39, 0.29) is 5.02 Å². The molecule has 2 aromatic rings. The molecule has 0 saturated heterocycles. The van der Waals surface area contributed by atoms with Crippen LogP contribution in [0.3, 0.4) is 0 Å². The van der Waals surface area contributed by atoms with Crippen molar-refractivity contribution in [3.8, 4) is 0 Å². The third-order valence-electron chi connectivity index (χ3n) is 2.13. The first-order valence-corrected chi connectivity index (χ1v) is 4.98. The maximum atomic E-state index is 13.5. The van der Waals surface area contributed by atoms with Gasteiger partial charge in [0, 0.05) is 12.6 Å². The Labute approximate surface area is 92.5 Å². The Kier molecular flexibility index (Phi) is 2.97. The van der Waals surface area contributed by atoms with Crippen molar-refractivity contribution in [1.82, 2.24) is 4.98 Å². The van der Waals surface area contributed by atoms with Gasteiger partial charge in [0.25, 0.3) is 0 Å². The number of benzene rings is 1. The topological polar surface area (TPSA) is 12.9 Å². The van der Waals surface area contributed by atoms with E-state index in [9.17, 15) is 4.39 Å². The molecule has 1 aromatic heterocycles. The van der Waals surface area contributed by atoms with Gasteiger partial charge in [0.15, 0.2) is 5.82 Å². The average Bonchev–Trinajstić information content (AvgIpc) is 2.26. The maximum absolute atomic E-state index is 13.5. The molecule has 1 aromatic carbocycles. The second kappa shape index (κ2) is 4.41. The molecule has 0 fully saturated rings. The van der Waals surface area contributed by atoms with Crippen molar-refractivity contribution in [3.05, 3.63) is 64.7 Å². The van der Waals surface area contributed by atoms with E-state index in [1.807, 2.05) is 30.3 Å². The van der Waals surface area contributed by atoms with Crippen LogP contribution >= 0.6 is 11.6 Å². The molecule has 0 saturated carbocycles. The van der Waals surface area contributed by atoms with Gasteiger partial charge < -0.3 is 0 Å². The fourth-order valence-corrected chi connectivity index (χ4v) is 1.54. The quantitative estimate of drug-likeness (QED) is 0.757. The van der Waals surface area contributed by atoms with E-state index >= 15 is 0 Å². The Morgan fingerprint density at radius 1 is 1.13 bits per heavy atom. The summed E-state index contributed by atoms with van der Waals surface area (Å²) in [5.74, 6) is -0.428. The lowest BCUT2D eigenvalue weighted by Gasteiger charge is -2.03. The summed E-state index contributed by atoms with van der Waals surface area (Å²) >= 11 is 5.67. The van der Waals surface area contributed by atoms with Crippen LogP contribution in [0.1, 0.15) is 11.3 Å². The molecule has 0 radical (unpaired) electrons. The molecule has 3 heteroatoms. The minimum atomic E-state index is -0.428. The Hall–Kier alpha value is -1.41. The van der Waals surface area contributed by atoms with E-state index in [1.165, 1.54) is 12.3 Å². The molecule has 0 atom stereocenters. The first kappa shape index (κ1) is 10.1. The number of pyridine rings is 1. The number of aromatic nitrogens is 1. The molecule has 1 nitrogen and oxygen atoms in total. The molecule has 0 spiro atoms. The van der Waals surface area contributed by atoms with Crippen LogP contribution in [0.5, 0.6) is 0 Å². The van der Waals surface area contributed by atoms with E-state index in [0.717, 1.165) is 5.56 Å². The Morgan fingerprint density at radius 2 is 1.87 bits per heavy atom. The van der Waals surface area contributed by atoms with E-state index in [4.69, 9.17) is 11.6 Å². The molecule has 76 valence electrons. The summed E-state index contributed by atoms with van der Waals surface area (Å²) in [7, 11) is 0. The van der Waals surface area contributed by atoms with Crippen LogP contribution in [0.25, 0.3) is 0 Å². The van der Waals surface area contributed by atoms with Gasteiger partial charge in [-0.2, -0.15) is 0 Å². The summed E-state index contributed by atoms with van der Waals surface area (Å²) in [5.41, 5.74) is 1.40. The van der Waals surface area contributed by atoms with Crippen molar-refractivity contribution in [2.45, 2.75) is 6.42 Å². The molecule has 2 rings (SSSR count). The molecule has 1 heterocycles. The van der Waals surface area contributed by atoms with Crippen LogP contribution in [0, 0.1) is 5.82 Å². The Balaban J connectivity index is 2.29. The highest BCUT2D eigenvalue weighted by Crippen LogP contribution is 2.18. The lowest BCUT2D eigenvalue weighted by atomic mass is 10.1. The van der Waals surface area contributed by atoms with Gasteiger partial charge >= 0.3 is 0 Å². The predicted molar refractivity (Wildman–Crippen MR) is 58.5 cm³/mol. The van der Waals surface area contributed by atoms with Crippen molar-refractivity contribution < 1.29 is 4.39 Å². The number of hydrogen-bond acceptors (Lipinski definition) is 1. The molecule has 0 unspecified atom stereocenters. The van der Waals surface area contributed by atoms with Gasteiger partial charge in [-0.15, -0.1) is 0 Å². The predicted octanol–water partition coefficient (Wildman–Crippen LogP) is 3.46. The van der Waals surface area contributed by atoms with Crippen LogP contribution in [0.4, 0.5) is 4.39 Å². The van der Waals surface area contributed by atoms with Crippen LogP contribution in [0.15, 0.2) is 42.6 Å². The molecule has 0 N–H and O–H groups in total. The van der Waals surface area contributed by atoms with E-state index < -0.39 is 5.82 Å². The van der Waals surface area contributed by atoms with Gasteiger partial charge in [0.05, 0.1) is 10.7 Å². The van der Waals surface area contributed by atoms with Gasteiger partial charge in [0.1, 0.15) is 0 Å². The Bertz CT molecular complexity index is 456. The van der Waals surface area contributed by atoms with Crippen molar-refractivity contribution in [2.75, 3.05) is 0 Å². The average molecular weight is 222 g/mol. The van der Waals surface area contributed by atoms with E-state index in [2.05, 4.69) is 4.98 Å². The normalized spacial score (nSPS) is 10.3. The van der Waals surface area contributed by atoms with Gasteiger partial charge in [-0.3, -0.25) is 4.98 Å². The maximum Gasteiger partial charge on any atom is 0.163 e. The lowest BCUT2D eigenvalue weighted by molar-refractivity contribution is 0.604. The van der Waals surface area contributed by atoms with Gasteiger partial charge in [-0.25, -0.2) is 4.39 Å². The minimum absolute atomic E-state index is 0.121. The molecule has 0 aliphatic rings. The molecule has 0 bridgehead atoms. The lowest BCUT2D eigenvalue weighted by Crippen LogP contribution is -1.96. The first-order valence-electron chi connectivity index (χ1n) is 4.60. The summed E-state index contributed by atoms with van der Waals surface area (Å²) in [5, 5.41) is 0.121. The molecule has 0 amide bonds. The fraction of sp³-hybridized carbons (Fsp3) is 0.0833. The van der Waals surface area contributed by atoms with Crippen LogP contribution in [-0.2, 0) is 6.42 Å². The summed E-state index contributed by atoms with van der Waals surface area (Å²) in [6.45, 7) is 0. The standard InChI is InChI=1S/C12H9ClFN/c13-10-6-7-15-11(12(10)14)8-9-4-2-1-3-5-9/h1-7H,8H2. The Morgan fingerprint density at radius 3 is 2.60 bits per heavy atom. The smallest absolute Gasteiger partial charge is 0.163 e.